The predicted octanol–water partition coefficient (Wildman–Crippen LogP) is 1.52. The zero-order valence-corrected chi connectivity index (χ0v) is 13.6. The summed E-state index contributed by atoms with van der Waals surface area (Å²) >= 11 is 0. The van der Waals surface area contributed by atoms with Gasteiger partial charge in [0.05, 0.1) is 12.6 Å². The molecule has 1 saturated heterocycles. The van der Waals surface area contributed by atoms with Crippen LogP contribution >= 0.6 is 0 Å². The maximum Gasteiger partial charge on any atom is 0.243 e. The van der Waals surface area contributed by atoms with Crippen molar-refractivity contribution in [3.05, 3.63) is 23.5 Å². The van der Waals surface area contributed by atoms with Crippen LogP contribution < -0.4 is 0 Å². The second-order valence-corrected chi connectivity index (χ2v) is 6.47. The first-order chi connectivity index (χ1) is 11.2. The smallest absolute Gasteiger partial charge is 0.243 e. The molecule has 1 atom stereocenters. The quantitative estimate of drug-likeness (QED) is 0.820. The molecule has 0 bridgehead atoms. The average molecular weight is 318 g/mol. The Morgan fingerprint density at radius 2 is 1.96 bits per heavy atom. The van der Waals surface area contributed by atoms with Crippen LogP contribution in [-0.4, -0.2) is 56.3 Å². The lowest BCUT2D eigenvalue weighted by Crippen LogP contribution is -2.46. The molecule has 2 aliphatic rings. The number of piperazine rings is 1. The van der Waals surface area contributed by atoms with E-state index in [4.69, 9.17) is 8.94 Å². The zero-order valence-electron chi connectivity index (χ0n) is 13.6. The molecule has 0 radical (unpaired) electrons. The molecule has 2 fully saturated rings. The van der Waals surface area contributed by atoms with E-state index in [1.54, 1.807) is 0 Å². The summed E-state index contributed by atoms with van der Waals surface area (Å²) in [5.74, 6) is 3.48. The Kier molecular flexibility index (Phi) is 3.86. The van der Waals surface area contributed by atoms with Crippen molar-refractivity contribution in [2.45, 2.75) is 45.2 Å². The number of aromatic nitrogens is 4. The maximum atomic E-state index is 5.46. The Balaban J connectivity index is 1.31. The molecular formula is C15H22N6O2. The van der Waals surface area contributed by atoms with Gasteiger partial charge in [0, 0.05) is 39.0 Å². The SMILES string of the molecule is Cc1nnc(CN2CCN([C@@H](C)c3nc(C4CC4)no3)CC2)o1. The van der Waals surface area contributed by atoms with E-state index in [0.29, 0.717) is 17.7 Å². The molecule has 0 aromatic carbocycles. The van der Waals surface area contributed by atoms with Gasteiger partial charge in [0.15, 0.2) is 5.82 Å². The molecule has 8 nitrogen and oxygen atoms in total. The molecule has 3 heterocycles. The van der Waals surface area contributed by atoms with Gasteiger partial charge in [-0.1, -0.05) is 5.16 Å². The van der Waals surface area contributed by atoms with Crippen molar-refractivity contribution in [2.24, 2.45) is 0 Å². The summed E-state index contributed by atoms with van der Waals surface area (Å²) in [4.78, 5) is 9.29. The highest BCUT2D eigenvalue weighted by Gasteiger charge is 2.31. The van der Waals surface area contributed by atoms with Crippen LogP contribution in [-0.2, 0) is 6.54 Å². The Morgan fingerprint density at radius 1 is 1.17 bits per heavy atom. The molecule has 1 saturated carbocycles. The fourth-order valence-electron chi connectivity index (χ4n) is 2.98. The lowest BCUT2D eigenvalue weighted by Gasteiger charge is -2.36. The van der Waals surface area contributed by atoms with Crippen molar-refractivity contribution in [3.63, 3.8) is 0 Å². The van der Waals surface area contributed by atoms with Crippen molar-refractivity contribution in [1.29, 1.82) is 0 Å². The van der Waals surface area contributed by atoms with E-state index in [9.17, 15) is 0 Å². The fourth-order valence-corrected chi connectivity index (χ4v) is 2.98. The molecule has 0 N–H and O–H groups in total. The largest absolute Gasteiger partial charge is 0.424 e. The van der Waals surface area contributed by atoms with Gasteiger partial charge in [0.1, 0.15) is 0 Å². The van der Waals surface area contributed by atoms with Crippen LogP contribution in [0.2, 0.25) is 0 Å². The molecule has 2 aromatic rings. The first kappa shape index (κ1) is 14.8. The molecule has 0 unspecified atom stereocenters. The van der Waals surface area contributed by atoms with Gasteiger partial charge in [-0.2, -0.15) is 4.98 Å². The second-order valence-electron chi connectivity index (χ2n) is 6.47. The van der Waals surface area contributed by atoms with E-state index >= 15 is 0 Å². The van der Waals surface area contributed by atoms with Crippen LogP contribution in [0.3, 0.4) is 0 Å². The number of nitrogens with zero attached hydrogens (tertiary/aromatic N) is 6. The van der Waals surface area contributed by atoms with Crippen LogP contribution in [0.1, 0.15) is 55.2 Å². The van der Waals surface area contributed by atoms with Gasteiger partial charge in [-0.3, -0.25) is 9.80 Å². The summed E-state index contributed by atoms with van der Waals surface area (Å²) in [5, 5.41) is 12.1. The van der Waals surface area contributed by atoms with Crippen molar-refractivity contribution < 1.29 is 8.94 Å². The van der Waals surface area contributed by atoms with Crippen molar-refractivity contribution in [1.82, 2.24) is 30.1 Å². The van der Waals surface area contributed by atoms with Crippen LogP contribution in [0, 0.1) is 6.92 Å². The van der Waals surface area contributed by atoms with E-state index in [-0.39, 0.29) is 6.04 Å². The Bertz CT molecular complexity index is 656. The standard InChI is InChI=1S/C15H22N6O2/c1-10(15-16-14(19-23-15)12-3-4-12)21-7-5-20(6-8-21)9-13-18-17-11(2)22-13/h10,12H,3-9H2,1-2H3/t10-/m0/s1. The Hall–Kier alpha value is -1.80. The van der Waals surface area contributed by atoms with Crippen LogP contribution in [0.4, 0.5) is 0 Å². The molecule has 1 aliphatic carbocycles. The van der Waals surface area contributed by atoms with Gasteiger partial charge in [-0.25, -0.2) is 0 Å². The molecule has 0 spiro atoms. The highest BCUT2D eigenvalue weighted by molar-refractivity contribution is 5.04. The van der Waals surface area contributed by atoms with E-state index in [0.717, 1.165) is 44.4 Å². The average Bonchev–Trinajstić information content (AvgIpc) is 3.15. The third-order valence-electron chi connectivity index (χ3n) is 4.64. The minimum Gasteiger partial charge on any atom is -0.424 e. The highest BCUT2D eigenvalue weighted by atomic mass is 16.5. The van der Waals surface area contributed by atoms with Gasteiger partial charge < -0.3 is 8.94 Å². The number of hydrogen-bond donors (Lipinski definition) is 0. The predicted molar refractivity (Wildman–Crippen MR) is 80.6 cm³/mol. The summed E-state index contributed by atoms with van der Waals surface area (Å²) < 4.78 is 10.9. The molecule has 4 rings (SSSR count). The third-order valence-corrected chi connectivity index (χ3v) is 4.64. The first-order valence-corrected chi connectivity index (χ1v) is 8.28. The highest BCUT2D eigenvalue weighted by Crippen LogP contribution is 2.38. The molecule has 0 amide bonds. The van der Waals surface area contributed by atoms with Crippen molar-refractivity contribution in [3.8, 4) is 0 Å². The number of aryl methyl sites for hydroxylation is 1. The van der Waals surface area contributed by atoms with Gasteiger partial charge in [0.25, 0.3) is 0 Å². The number of rotatable bonds is 5. The molecule has 23 heavy (non-hydrogen) atoms. The summed E-state index contributed by atoms with van der Waals surface area (Å²) in [6.45, 7) is 8.54. The van der Waals surface area contributed by atoms with Crippen molar-refractivity contribution >= 4 is 0 Å². The monoisotopic (exact) mass is 318 g/mol. The van der Waals surface area contributed by atoms with Crippen LogP contribution in [0.15, 0.2) is 8.94 Å². The fraction of sp³-hybridized carbons (Fsp3) is 0.733. The molecule has 2 aromatic heterocycles. The minimum absolute atomic E-state index is 0.169. The summed E-state index contributed by atoms with van der Waals surface area (Å²) in [6.07, 6.45) is 2.39. The number of hydrogen-bond acceptors (Lipinski definition) is 8. The lowest BCUT2D eigenvalue weighted by molar-refractivity contribution is 0.0796. The molecule has 8 heteroatoms. The summed E-state index contributed by atoms with van der Waals surface area (Å²) in [6, 6.07) is 0.169. The van der Waals surface area contributed by atoms with Gasteiger partial charge >= 0.3 is 0 Å². The second kappa shape index (κ2) is 6.01. The van der Waals surface area contributed by atoms with Gasteiger partial charge in [-0.05, 0) is 19.8 Å². The van der Waals surface area contributed by atoms with Gasteiger partial charge in [-0.15, -0.1) is 10.2 Å². The summed E-state index contributed by atoms with van der Waals surface area (Å²) in [7, 11) is 0. The molecule has 1 aliphatic heterocycles. The third kappa shape index (κ3) is 3.28. The van der Waals surface area contributed by atoms with E-state index in [1.165, 1.54) is 12.8 Å². The van der Waals surface area contributed by atoms with Crippen LogP contribution in [0.25, 0.3) is 0 Å². The molecule has 124 valence electrons. The normalized spacial score (nSPS) is 21.7. The topological polar surface area (TPSA) is 84.3 Å². The van der Waals surface area contributed by atoms with E-state index in [1.807, 2.05) is 6.92 Å². The molecular weight excluding hydrogens is 296 g/mol. The van der Waals surface area contributed by atoms with Gasteiger partial charge in [0.2, 0.25) is 17.7 Å². The van der Waals surface area contributed by atoms with Crippen LogP contribution in [0.5, 0.6) is 0 Å². The van der Waals surface area contributed by atoms with E-state index < -0.39 is 0 Å². The zero-order chi connectivity index (χ0) is 15.8. The summed E-state index contributed by atoms with van der Waals surface area (Å²) in [5.41, 5.74) is 0. The lowest BCUT2D eigenvalue weighted by atomic mass is 10.2. The first-order valence-electron chi connectivity index (χ1n) is 8.28. The van der Waals surface area contributed by atoms with E-state index in [2.05, 4.69) is 37.1 Å². The van der Waals surface area contributed by atoms with Crippen molar-refractivity contribution in [2.75, 3.05) is 26.2 Å². The Labute approximate surface area is 134 Å². The maximum absolute atomic E-state index is 5.46. The Morgan fingerprint density at radius 3 is 2.61 bits per heavy atom. The minimum atomic E-state index is 0.169.